The number of likely N-dealkylation sites (tertiary alicyclic amines) is 1. The minimum Gasteiger partial charge on any atom is -0.359 e. The number of anilines is 1. The summed E-state index contributed by atoms with van der Waals surface area (Å²) in [7, 11) is 1.67. The summed E-state index contributed by atoms with van der Waals surface area (Å²) in [5, 5.41) is 5.70. The first-order valence-electron chi connectivity index (χ1n) is 9.51. The molecule has 1 aromatic carbocycles. The average molecular weight is 343 g/mol. The molecular weight excluding hydrogens is 314 g/mol. The van der Waals surface area contributed by atoms with Gasteiger partial charge in [0.2, 0.25) is 11.8 Å². The van der Waals surface area contributed by atoms with E-state index >= 15 is 0 Å². The van der Waals surface area contributed by atoms with Gasteiger partial charge in [-0.25, -0.2) is 0 Å². The van der Waals surface area contributed by atoms with Gasteiger partial charge in [0.1, 0.15) is 0 Å². The fourth-order valence-corrected chi connectivity index (χ4v) is 3.90. The molecule has 5 nitrogen and oxygen atoms in total. The molecule has 0 aromatic heterocycles. The van der Waals surface area contributed by atoms with Gasteiger partial charge in [-0.2, -0.15) is 0 Å². The van der Waals surface area contributed by atoms with Crippen LogP contribution in [0.15, 0.2) is 18.2 Å². The minimum atomic E-state index is 0.0315. The number of nitrogens with one attached hydrogen (secondary N) is 2. The van der Waals surface area contributed by atoms with Crippen LogP contribution in [-0.4, -0.2) is 43.4 Å². The molecule has 1 aromatic rings. The van der Waals surface area contributed by atoms with E-state index in [1.54, 1.807) is 7.05 Å². The van der Waals surface area contributed by atoms with Crippen LogP contribution >= 0.6 is 0 Å². The smallest absolute Gasteiger partial charge is 0.224 e. The quantitative estimate of drug-likeness (QED) is 0.864. The van der Waals surface area contributed by atoms with Crippen molar-refractivity contribution in [3.05, 3.63) is 29.3 Å². The SMILES string of the molecule is CNC(=O)C[C@@H]1CCC(=O)Nc2ccc(CCN3CCCCC3)cc21. The van der Waals surface area contributed by atoms with Crippen LogP contribution in [0, 0.1) is 0 Å². The molecule has 136 valence electrons. The summed E-state index contributed by atoms with van der Waals surface area (Å²) in [5.41, 5.74) is 3.28. The molecule has 1 saturated heterocycles. The summed E-state index contributed by atoms with van der Waals surface area (Å²) in [5.74, 6) is 0.176. The highest BCUT2D eigenvalue weighted by Gasteiger charge is 2.24. The van der Waals surface area contributed by atoms with Gasteiger partial charge < -0.3 is 15.5 Å². The van der Waals surface area contributed by atoms with Crippen LogP contribution in [0.4, 0.5) is 5.69 Å². The van der Waals surface area contributed by atoms with Crippen molar-refractivity contribution in [3.8, 4) is 0 Å². The maximum atomic E-state index is 11.9. The molecule has 2 aliphatic rings. The van der Waals surface area contributed by atoms with Gasteiger partial charge in [0, 0.05) is 32.1 Å². The van der Waals surface area contributed by atoms with E-state index in [0.717, 1.165) is 30.6 Å². The Kier molecular flexibility index (Phi) is 6.08. The third-order valence-electron chi connectivity index (χ3n) is 5.43. The molecular formula is C20H29N3O2. The highest BCUT2D eigenvalue weighted by molar-refractivity contribution is 5.93. The number of carbonyl (C=O) groups excluding carboxylic acids is 2. The molecule has 3 rings (SSSR count). The molecule has 5 heteroatoms. The van der Waals surface area contributed by atoms with E-state index in [-0.39, 0.29) is 17.7 Å². The van der Waals surface area contributed by atoms with Gasteiger partial charge in [-0.05, 0) is 61.9 Å². The maximum Gasteiger partial charge on any atom is 0.224 e. The van der Waals surface area contributed by atoms with E-state index in [9.17, 15) is 9.59 Å². The van der Waals surface area contributed by atoms with Crippen LogP contribution in [0.2, 0.25) is 0 Å². The fraction of sp³-hybridized carbons (Fsp3) is 0.600. The van der Waals surface area contributed by atoms with Gasteiger partial charge in [-0.15, -0.1) is 0 Å². The van der Waals surface area contributed by atoms with E-state index < -0.39 is 0 Å². The Morgan fingerprint density at radius 2 is 2.08 bits per heavy atom. The lowest BCUT2D eigenvalue weighted by Crippen LogP contribution is -2.31. The average Bonchev–Trinajstić information content (AvgIpc) is 2.79. The zero-order valence-electron chi connectivity index (χ0n) is 15.1. The van der Waals surface area contributed by atoms with E-state index in [2.05, 4.69) is 27.7 Å². The van der Waals surface area contributed by atoms with E-state index in [0.29, 0.717) is 12.8 Å². The van der Waals surface area contributed by atoms with Crippen molar-refractivity contribution in [2.45, 2.75) is 50.9 Å². The second kappa shape index (κ2) is 8.48. The van der Waals surface area contributed by atoms with Crippen molar-refractivity contribution >= 4 is 17.5 Å². The number of benzene rings is 1. The van der Waals surface area contributed by atoms with Gasteiger partial charge in [0.05, 0.1) is 0 Å². The van der Waals surface area contributed by atoms with Crippen molar-refractivity contribution in [1.82, 2.24) is 10.2 Å². The minimum absolute atomic E-state index is 0.0315. The molecule has 2 N–H and O–H groups in total. The standard InChI is InChI=1S/C20H29N3O2/c1-21-20(25)14-16-6-8-19(24)22-18-7-5-15(13-17(16)18)9-12-23-10-3-2-4-11-23/h5,7,13,16H,2-4,6,8-12,14H2,1H3,(H,21,25)(H,22,24)/t16-/m0/s1. The second-order valence-corrected chi connectivity index (χ2v) is 7.23. The normalized spacial score (nSPS) is 21.2. The maximum absolute atomic E-state index is 11.9. The van der Waals surface area contributed by atoms with Crippen LogP contribution in [0.5, 0.6) is 0 Å². The third kappa shape index (κ3) is 4.82. The number of nitrogens with zero attached hydrogens (tertiary/aromatic N) is 1. The molecule has 0 aliphatic carbocycles. The van der Waals surface area contributed by atoms with Crippen LogP contribution < -0.4 is 10.6 Å². The Labute approximate surface area is 150 Å². The van der Waals surface area contributed by atoms with Gasteiger partial charge in [0.25, 0.3) is 0 Å². The number of rotatable bonds is 5. The predicted molar refractivity (Wildman–Crippen MR) is 99.7 cm³/mol. The van der Waals surface area contributed by atoms with Crippen molar-refractivity contribution in [1.29, 1.82) is 0 Å². The highest BCUT2D eigenvalue weighted by atomic mass is 16.2. The van der Waals surface area contributed by atoms with Crippen molar-refractivity contribution in [3.63, 3.8) is 0 Å². The molecule has 2 amide bonds. The molecule has 1 atom stereocenters. The predicted octanol–water partition coefficient (Wildman–Crippen LogP) is 2.67. The molecule has 0 bridgehead atoms. The zero-order valence-corrected chi connectivity index (χ0v) is 15.1. The van der Waals surface area contributed by atoms with Gasteiger partial charge in [-0.1, -0.05) is 18.6 Å². The van der Waals surface area contributed by atoms with Crippen molar-refractivity contribution < 1.29 is 9.59 Å². The Hall–Kier alpha value is -1.88. The highest BCUT2D eigenvalue weighted by Crippen LogP contribution is 2.34. The Morgan fingerprint density at radius 1 is 1.28 bits per heavy atom. The first kappa shape index (κ1) is 17.9. The molecule has 0 saturated carbocycles. The molecule has 2 heterocycles. The number of piperidine rings is 1. The van der Waals surface area contributed by atoms with Crippen LogP contribution in [-0.2, 0) is 16.0 Å². The van der Waals surface area contributed by atoms with Crippen LogP contribution in [0.25, 0.3) is 0 Å². The molecule has 25 heavy (non-hydrogen) atoms. The lowest BCUT2D eigenvalue weighted by atomic mass is 9.89. The lowest BCUT2D eigenvalue weighted by Gasteiger charge is -2.26. The van der Waals surface area contributed by atoms with Crippen LogP contribution in [0.3, 0.4) is 0 Å². The molecule has 0 radical (unpaired) electrons. The summed E-state index contributed by atoms with van der Waals surface area (Å²) in [6.45, 7) is 3.51. The number of amides is 2. The fourth-order valence-electron chi connectivity index (χ4n) is 3.90. The Morgan fingerprint density at radius 3 is 2.84 bits per heavy atom. The largest absolute Gasteiger partial charge is 0.359 e. The summed E-state index contributed by atoms with van der Waals surface area (Å²) in [6.07, 6.45) is 6.63. The van der Waals surface area contributed by atoms with Crippen LogP contribution in [0.1, 0.15) is 55.6 Å². The molecule has 0 spiro atoms. The van der Waals surface area contributed by atoms with Gasteiger partial charge in [0.15, 0.2) is 0 Å². The second-order valence-electron chi connectivity index (χ2n) is 7.23. The first-order valence-corrected chi connectivity index (χ1v) is 9.51. The van der Waals surface area contributed by atoms with E-state index in [4.69, 9.17) is 0 Å². The number of hydrogen-bond donors (Lipinski definition) is 2. The number of carbonyl (C=O) groups is 2. The van der Waals surface area contributed by atoms with E-state index in [1.807, 2.05) is 6.07 Å². The summed E-state index contributed by atoms with van der Waals surface area (Å²) < 4.78 is 0. The molecule has 2 aliphatic heterocycles. The van der Waals surface area contributed by atoms with Crippen molar-refractivity contribution in [2.75, 3.05) is 32.0 Å². The summed E-state index contributed by atoms with van der Waals surface area (Å²) in [6, 6.07) is 6.34. The molecule has 0 unspecified atom stereocenters. The number of hydrogen-bond acceptors (Lipinski definition) is 3. The molecule has 1 fully saturated rings. The third-order valence-corrected chi connectivity index (χ3v) is 5.43. The Bertz CT molecular complexity index is 623. The Balaban J connectivity index is 1.74. The topological polar surface area (TPSA) is 61.4 Å². The van der Waals surface area contributed by atoms with Gasteiger partial charge in [-0.3, -0.25) is 9.59 Å². The lowest BCUT2D eigenvalue weighted by molar-refractivity contribution is -0.121. The first-order chi connectivity index (χ1) is 12.2. The van der Waals surface area contributed by atoms with Gasteiger partial charge >= 0.3 is 0 Å². The summed E-state index contributed by atoms with van der Waals surface area (Å²) >= 11 is 0. The summed E-state index contributed by atoms with van der Waals surface area (Å²) in [4.78, 5) is 26.4. The van der Waals surface area contributed by atoms with Crippen molar-refractivity contribution in [2.24, 2.45) is 0 Å². The van der Waals surface area contributed by atoms with E-state index in [1.165, 1.54) is 37.9 Å². The zero-order chi connectivity index (χ0) is 17.6. The number of fused-ring (bicyclic) bond motifs is 1. The monoisotopic (exact) mass is 343 g/mol.